The van der Waals surface area contributed by atoms with Crippen LogP contribution in [0.1, 0.15) is 12.0 Å². The molecule has 1 aromatic heterocycles. The van der Waals surface area contributed by atoms with Crippen LogP contribution in [0.15, 0.2) is 41.5 Å². The van der Waals surface area contributed by atoms with Crippen LogP contribution in [0.25, 0.3) is 0 Å². The van der Waals surface area contributed by atoms with Crippen molar-refractivity contribution in [1.29, 1.82) is 0 Å². The van der Waals surface area contributed by atoms with Crippen molar-refractivity contribution in [3.8, 4) is 5.88 Å². The quantitative estimate of drug-likeness (QED) is 0.845. The van der Waals surface area contributed by atoms with Gasteiger partial charge >= 0.3 is 0 Å². The summed E-state index contributed by atoms with van der Waals surface area (Å²) >= 11 is 0. The molecule has 0 aliphatic carbocycles. The van der Waals surface area contributed by atoms with Crippen molar-refractivity contribution in [3.63, 3.8) is 0 Å². The number of aryl methyl sites for hydroxylation is 1. The second-order valence-corrected chi connectivity index (χ2v) is 5.22. The minimum absolute atomic E-state index is 0.165. The van der Waals surface area contributed by atoms with E-state index in [1.54, 1.807) is 19.4 Å². The number of hydrogen-bond acceptors (Lipinski definition) is 7. The summed E-state index contributed by atoms with van der Waals surface area (Å²) in [4.78, 5) is 12.6. The number of aromatic nitrogens is 2. The van der Waals surface area contributed by atoms with Gasteiger partial charge in [0.15, 0.2) is 0 Å². The maximum atomic E-state index is 5.51. The average molecular weight is 313 g/mol. The molecule has 1 aliphatic heterocycles. The normalized spacial score (nSPS) is 16.6. The fraction of sp³-hybridized carbons (Fsp3) is 0.312. The lowest BCUT2D eigenvalue weighted by Crippen LogP contribution is -2.10. The number of hydrogen-bond donors (Lipinski definition) is 2. The number of aliphatic imine (C=N–C) groups is 1. The molecule has 0 radical (unpaired) electrons. The van der Waals surface area contributed by atoms with E-state index in [0.717, 1.165) is 18.5 Å². The van der Waals surface area contributed by atoms with Crippen molar-refractivity contribution in [2.45, 2.75) is 18.9 Å². The Hall–Kier alpha value is -2.83. The van der Waals surface area contributed by atoms with Gasteiger partial charge in [-0.15, -0.1) is 0 Å². The standard InChI is InChI=1S/C16H19N5O2/c1-22-14-8-9-18-16(21-14)20-12-5-2-11(3-6-12)4-7-13-10-23-15(17)19-13/h2-3,5-6,8-9,13H,4,7,10H2,1H3,(H2,17,19)(H,18,20,21)/t13-/m0/s1. The van der Waals surface area contributed by atoms with E-state index in [4.69, 9.17) is 15.2 Å². The van der Waals surface area contributed by atoms with Crippen molar-refractivity contribution in [2.24, 2.45) is 10.7 Å². The van der Waals surface area contributed by atoms with Gasteiger partial charge in [0.25, 0.3) is 6.02 Å². The topological polar surface area (TPSA) is 94.6 Å². The summed E-state index contributed by atoms with van der Waals surface area (Å²) in [6.07, 6.45) is 3.51. The highest BCUT2D eigenvalue weighted by Gasteiger charge is 2.16. The second-order valence-electron chi connectivity index (χ2n) is 5.22. The number of ether oxygens (including phenoxy) is 2. The zero-order chi connectivity index (χ0) is 16.1. The lowest BCUT2D eigenvalue weighted by atomic mass is 10.1. The van der Waals surface area contributed by atoms with Crippen LogP contribution < -0.4 is 15.8 Å². The van der Waals surface area contributed by atoms with Crippen molar-refractivity contribution >= 4 is 17.7 Å². The lowest BCUT2D eigenvalue weighted by Gasteiger charge is -2.08. The largest absolute Gasteiger partial charge is 0.481 e. The van der Waals surface area contributed by atoms with Gasteiger partial charge < -0.3 is 20.5 Å². The molecule has 0 spiro atoms. The number of nitrogens with zero attached hydrogens (tertiary/aromatic N) is 3. The van der Waals surface area contributed by atoms with E-state index < -0.39 is 0 Å². The number of amidine groups is 1. The molecule has 1 atom stereocenters. The van der Waals surface area contributed by atoms with E-state index in [0.29, 0.717) is 24.5 Å². The summed E-state index contributed by atoms with van der Waals surface area (Å²) in [5.41, 5.74) is 7.67. The van der Waals surface area contributed by atoms with Gasteiger partial charge in [0.2, 0.25) is 11.8 Å². The third kappa shape index (κ3) is 4.09. The smallest absolute Gasteiger partial charge is 0.282 e. The number of anilines is 2. The fourth-order valence-corrected chi connectivity index (χ4v) is 2.32. The van der Waals surface area contributed by atoms with E-state index in [2.05, 4.69) is 32.4 Å². The SMILES string of the molecule is COc1ccnc(Nc2ccc(CC[C@H]3COC(N)=N3)cc2)n1. The van der Waals surface area contributed by atoms with Crippen LogP contribution in [0.2, 0.25) is 0 Å². The molecule has 3 rings (SSSR count). The van der Waals surface area contributed by atoms with Crippen LogP contribution in [0.3, 0.4) is 0 Å². The van der Waals surface area contributed by atoms with Gasteiger partial charge in [-0.3, -0.25) is 0 Å². The summed E-state index contributed by atoms with van der Waals surface area (Å²) in [6.45, 7) is 0.582. The van der Waals surface area contributed by atoms with Crippen LogP contribution in [0.4, 0.5) is 11.6 Å². The Morgan fingerprint density at radius 1 is 1.30 bits per heavy atom. The van der Waals surface area contributed by atoms with Crippen LogP contribution in [0, 0.1) is 0 Å². The summed E-state index contributed by atoms with van der Waals surface area (Å²) in [7, 11) is 1.58. The summed E-state index contributed by atoms with van der Waals surface area (Å²) in [5.74, 6) is 1.03. The molecule has 0 unspecified atom stereocenters. The molecule has 0 saturated carbocycles. The van der Waals surface area contributed by atoms with Crippen molar-refractivity contribution < 1.29 is 9.47 Å². The Morgan fingerprint density at radius 3 is 2.83 bits per heavy atom. The third-order valence-electron chi connectivity index (χ3n) is 3.55. The first-order valence-electron chi connectivity index (χ1n) is 7.42. The summed E-state index contributed by atoms with van der Waals surface area (Å²) < 4.78 is 10.2. The van der Waals surface area contributed by atoms with E-state index >= 15 is 0 Å². The van der Waals surface area contributed by atoms with Crippen molar-refractivity contribution in [1.82, 2.24) is 9.97 Å². The maximum Gasteiger partial charge on any atom is 0.282 e. The van der Waals surface area contributed by atoms with Crippen LogP contribution in [-0.2, 0) is 11.2 Å². The van der Waals surface area contributed by atoms with Gasteiger partial charge in [0, 0.05) is 18.0 Å². The number of methoxy groups -OCH3 is 1. The van der Waals surface area contributed by atoms with Gasteiger partial charge in [-0.05, 0) is 30.5 Å². The van der Waals surface area contributed by atoms with Gasteiger partial charge in [-0.25, -0.2) is 9.98 Å². The highest BCUT2D eigenvalue weighted by molar-refractivity contribution is 5.73. The molecule has 0 bridgehead atoms. The van der Waals surface area contributed by atoms with E-state index in [9.17, 15) is 0 Å². The van der Waals surface area contributed by atoms with Crippen molar-refractivity contribution in [3.05, 3.63) is 42.1 Å². The predicted molar refractivity (Wildman–Crippen MR) is 88.0 cm³/mol. The Morgan fingerprint density at radius 2 is 2.13 bits per heavy atom. The Kier molecular flexibility index (Phi) is 4.56. The molecule has 0 saturated heterocycles. The highest BCUT2D eigenvalue weighted by Crippen LogP contribution is 2.17. The van der Waals surface area contributed by atoms with E-state index in [1.807, 2.05) is 12.1 Å². The number of nitrogens with one attached hydrogen (secondary N) is 1. The van der Waals surface area contributed by atoms with Gasteiger partial charge in [-0.2, -0.15) is 4.98 Å². The molecule has 1 aliphatic rings. The minimum Gasteiger partial charge on any atom is -0.481 e. The number of nitrogens with two attached hydrogens (primary N) is 1. The zero-order valence-electron chi connectivity index (χ0n) is 12.9. The van der Waals surface area contributed by atoms with Gasteiger partial charge in [-0.1, -0.05) is 12.1 Å². The molecular formula is C16H19N5O2. The maximum absolute atomic E-state index is 5.51. The minimum atomic E-state index is 0.165. The summed E-state index contributed by atoms with van der Waals surface area (Å²) in [6, 6.07) is 10.3. The predicted octanol–water partition coefficient (Wildman–Crippen LogP) is 1.87. The van der Waals surface area contributed by atoms with Crippen LogP contribution >= 0.6 is 0 Å². The first kappa shape index (κ1) is 15.1. The molecule has 3 N–H and O–H groups in total. The van der Waals surface area contributed by atoms with Crippen LogP contribution in [0.5, 0.6) is 5.88 Å². The monoisotopic (exact) mass is 313 g/mol. The number of benzene rings is 1. The molecular weight excluding hydrogens is 294 g/mol. The van der Waals surface area contributed by atoms with Crippen LogP contribution in [-0.4, -0.2) is 35.7 Å². The molecule has 0 amide bonds. The molecule has 7 nitrogen and oxygen atoms in total. The first-order chi connectivity index (χ1) is 11.2. The molecule has 2 aromatic rings. The molecule has 1 aromatic carbocycles. The molecule has 0 fully saturated rings. The van der Waals surface area contributed by atoms with Gasteiger partial charge in [0.05, 0.1) is 13.2 Å². The van der Waals surface area contributed by atoms with Gasteiger partial charge in [0.1, 0.15) is 6.61 Å². The first-order valence-corrected chi connectivity index (χ1v) is 7.42. The Labute approximate surface area is 134 Å². The van der Waals surface area contributed by atoms with E-state index in [-0.39, 0.29) is 6.04 Å². The Balaban J connectivity index is 1.56. The fourth-order valence-electron chi connectivity index (χ4n) is 2.32. The molecule has 2 heterocycles. The molecule has 23 heavy (non-hydrogen) atoms. The highest BCUT2D eigenvalue weighted by atomic mass is 16.5. The second kappa shape index (κ2) is 6.95. The van der Waals surface area contributed by atoms with E-state index in [1.165, 1.54) is 5.56 Å². The Bertz CT molecular complexity index is 687. The summed E-state index contributed by atoms with van der Waals surface area (Å²) in [5, 5.41) is 3.15. The molecule has 120 valence electrons. The molecule has 7 heteroatoms. The lowest BCUT2D eigenvalue weighted by molar-refractivity contribution is 0.308. The number of rotatable bonds is 6. The zero-order valence-corrected chi connectivity index (χ0v) is 12.9. The average Bonchev–Trinajstić information content (AvgIpc) is 3.00. The third-order valence-corrected chi connectivity index (χ3v) is 3.55. The van der Waals surface area contributed by atoms with Crippen molar-refractivity contribution in [2.75, 3.05) is 19.0 Å².